The number of aryl methyl sites for hydroxylation is 1. The summed E-state index contributed by atoms with van der Waals surface area (Å²) in [6.45, 7) is 4.48. The van der Waals surface area contributed by atoms with E-state index in [0.717, 1.165) is 28.9 Å². The van der Waals surface area contributed by atoms with Gasteiger partial charge in [-0.3, -0.25) is 19.2 Å². The van der Waals surface area contributed by atoms with Crippen molar-refractivity contribution in [2.45, 2.75) is 38.9 Å². The fourth-order valence-electron chi connectivity index (χ4n) is 4.74. The number of nitrogens with zero attached hydrogens (tertiary/aromatic N) is 3. The Morgan fingerprint density at radius 3 is 2.35 bits per heavy atom. The summed E-state index contributed by atoms with van der Waals surface area (Å²) in [5, 5.41) is 7.77. The summed E-state index contributed by atoms with van der Waals surface area (Å²) in [6.07, 6.45) is 0.890. The Labute approximate surface area is 216 Å². The molecule has 7 nitrogen and oxygen atoms in total. The number of benzene rings is 3. The molecule has 0 bridgehead atoms. The Morgan fingerprint density at radius 1 is 1.00 bits per heavy atom. The Hall–Kier alpha value is -4.39. The minimum Gasteiger partial charge on any atom is -0.497 e. The number of hydrogen-bond acceptors (Lipinski definition) is 4. The molecule has 3 aromatic carbocycles. The van der Waals surface area contributed by atoms with Crippen molar-refractivity contribution >= 4 is 17.5 Å². The molecule has 0 fully saturated rings. The largest absolute Gasteiger partial charge is 0.497 e. The van der Waals surface area contributed by atoms with Crippen LogP contribution in [0.4, 0.5) is 5.69 Å². The summed E-state index contributed by atoms with van der Waals surface area (Å²) in [5.41, 5.74) is 3.62. The van der Waals surface area contributed by atoms with Gasteiger partial charge in [-0.25, -0.2) is 0 Å². The monoisotopic (exact) mass is 494 g/mol. The minimum absolute atomic E-state index is 0.223. The van der Waals surface area contributed by atoms with Gasteiger partial charge in [-0.05, 0) is 66.9 Å². The predicted molar refractivity (Wildman–Crippen MR) is 144 cm³/mol. The SMILES string of the molecule is CCc1ccc(N2C(=O)c3cc(-c4ccc(OC)cc4)nn3C[C@]2(C)C(=O)NCc2ccccc2)cc1. The van der Waals surface area contributed by atoms with Gasteiger partial charge in [-0.15, -0.1) is 0 Å². The zero-order chi connectivity index (χ0) is 26.0. The first-order valence-corrected chi connectivity index (χ1v) is 12.4. The second-order valence-corrected chi connectivity index (χ2v) is 9.40. The lowest BCUT2D eigenvalue weighted by Gasteiger charge is -2.43. The highest BCUT2D eigenvalue weighted by atomic mass is 16.5. The van der Waals surface area contributed by atoms with Gasteiger partial charge in [0, 0.05) is 17.8 Å². The third kappa shape index (κ3) is 4.60. The molecule has 0 aliphatic carbocycles. The van der Waals surface area contributed by atoms with E-state index in [9.17, 15) is 9.59 Å². The van der Waals surface area contributed by atoms with E-state index in [0.29, 0.717) is 23.6 Å². The van der Waals surface area contributed by atoms with Crippen LogP contribution < -0.4 is 15.0 Å². The second-order valence-electron chi connectivity index (χ2n) is 9.40. The molecule has 0 spiro atoms. The Bertz CT molecular complexity index is 1410. The van der Waals surface area contributed by atoms with E-state index in [2.05, 4.69) is 12.2 Å². The smallest absolute Gasteiger partial charge is 0.277 e. The topological polar surface area (TPSA) is 76.5 Å². The number of carbonyl (C=O) groups excluding carboxylic acids is 2. The lowest BCUT2D eigenvalue weighted by Crippen LogP contribution is -2.64. The van der Waals surface area contributed by atoms with Gasteiger partial charge in [-0.2, -0.15) is 5.10 Å². The number of fused-ring (bicyclic) bond motifs is 1. The average molecular weight is 495 g/mol. The van der Waals surface area contributed by atoms with Crippen LogP contribution in [0.5, 0.6) is 5.75 Å². The quantitative estimate of drug-likeness (QED) is 0.398. The van der Waals surface area contributed by atoms with E-state index in [-0.39, 0.29) is 18.4 Å². The van der Waals surface area contributed by atoms with Crippen molar-refractivity contribution in [1.82, 2.24) is 15.1 Å². The summed E-state index contributed by atoms with van der Waals surface area (Å²) >= 11 is 0. The van der Waals surface area contributed by atoms with Crippen LogP contribution in [0.15, 0.2) is 84.9 Å². The molecule has 7 heteroatoms. The van der Waals surface area contributed by atoms with E-state index in [1.807, 2.05) is 78.9 Å². The van der Waals surface area contributed by atoms with E-state index in [1.165, 1.54) is 0 Å². The number of anilines is 1. The van der Waals surface area contributed by atoms with Crippen LogP contribution >= 0.6 is 0 Å². The molecule has 1 aliphatic heterocycles. The van der Waals surface area contributed by atoms with E-state index in [1.54, 1.807) is 29.7 Å². The molecule has 2 heterocycles. The highest BCUT2D eigenvalue weighted by molar-refractivity contribution is 6.12. The maximum absolute atomic E-state index is 14.0. The summed E-state index contributed by atoms with van der Waals surface area (Å²) < 4.78 is 6.91. The first kappa shape index (κ1) is 24.3. The maximum atomic E-state index is 14.0. The molecule has 37 heavy (non-hydrogen) atoms. The van der Waals surface area contributed by atoms with Crippen LogP contribution in [-0.4, -0.2) is 34.2 Å². The number of carbonyl (C=O) groups is 2. The molecule has 1 N–H and O–H groups in total. The Morgan fingerprint density at radius 2 is 1.70 bits per heavy atom. The van der Waals surface area contributed by atoms with Crippen LogP contribution in [-0.2, 0) is 24.3 Å². The van der Waals surface area contributed by atoms with Crippen LogP contribution in [0.1, 0.15) is 35.5 Å². The van der Waals surface area contributed by atoms with Crippen molar-refractivity contribution in [2.24, 2.45) is 0 Å². The molecule has 0 saturated carbocycles. The van der Waals surface area contributed by atoms with Crippen molar-refractivity contribution in [1.29, 1.82) is 0 Å². The van der Waals surface area contributed by atoms with Crippen LogP contribution in [0.2, 0.25) is 0 Å². The molecule has 1 atom stereocenters. The van der Waals surface area contributed by atoms with Gasteiger partial charge in [0.25, 0.3) is 5.91 Å². The molecular weight excluding hydrogens is 464 g/mol. The van der Waals surface area contributed by atoms with E-state index >= 15 is 0 Å². The zero-order valence-electron chi connectivity index (χ0n) is 21.3. The Balaban J connectivity index is 1.53. The second kappa shape index (κ2) is 9.93. The van der Waals surface area contributed by atoms with Crippen molar-refractivity contribution in [3.05, 3.63) is 102 Å². The van der Waals surface area contributed by atoms with Gasteiger partial charge >= 0.3 is 0 Å². The molecule has 188 valence electrons. The average Bonchev–Trinajstić information content (AvgIpc) is 3.36. The van der Waals surface area contributed by atoms with E-state index < -0.39 is 5.54 Å². The molecule has 4 aromatic rings. The van der Waals surface area contributed by atoms with Crippen molar-refractivity contribution in [2.75, 3.05) is 12.0 Å². The number of methoxy groups -OCH3 is 1. The number of hydrogen-bond donors (Lipinski definition) is 1. The molecule has 0 radical (unpaired) electrons. The first-order chi connectivity index (χ1) is 17.9. The molecule has 1 aliphatic rings. The van der Waals surface area contributed by atoms with Crippen molar-refractivity contribution in [3.63, 3.8) is 0 Å². The first-order valence-electron chi connectivity index (χ1n) is 12.4. The number of aromatic nitrogens is 2. The van der Waals surface area contributed by atoms with Gasteiger partial charge in [0.2, 0.25) is 5.91 Å². The standard InChI is InChI=1S/C30H30N4O3/c1-4-21-10-14-24(15-11-21)34-28(35)27-18-26(23-12-16-25(37-3)17-13-23)32-33(27)20-30(34,2)29(36)31-19-22-8-6-5-7-9-22/h5-18H,4,19-20H2,1-3H3,(H,31,36)/t30-/m1/s1. The summed E-state index contributed by atoms with van der Waals surface area (Å²) in [7, 11) is 1.62. The van der Waals surface area contributed by atoms with Gasteiger partial charge in [0.05, 0.1) is 19.3 Å². The van der Waals surface area contributed by atoms with Crippen molar-refractivity contribution in [3.8, 4) is 17.0 Å². The number of amides is 2. The van der Waals surface area contributed by atoms with E-state index in [4.69, 9.17) is 9.84 Å². The highest BCUT2D eigenvalue weighted by Gasteiger charge is 2.48. The summed E-state index contributed by atoms with van der Waals surface area (Å²) in [4.78, 5) is 29.3. The molecule has 0 unspecified atom stereocenters. The lowest BCUT2D eigenvalue weighted by atomic mass is 9.93. The Kier molecular flexibility index (Phi) is 6.53. The number of rotatable bonds is 7. The maximum Gasteiger partial charge on any atom is 0.277 e. The van der Waals surface area contributed by atoms with Gasteiger partial charge in [0.1, 0.15) is 17.0 Å². The van der Waals surface area contributed by atoms with Crippen LogP contribution in [0.3, 0.4) is 0 Å². The third-order valence-corrected chi connectivity index (χ3v) is 6.93. The lowest BCUT2D eigenvalue weighted by molar-refractivity contribution is -0.126. The zero-order valence-corrected chi connectivity index (χ0v) is 21.3. The molecule has 5 rings (SSSR count). The molecular formula is C30H30N4O3. The van der Waals surface area contributed by atoms with Gasteiger partial charge in [-0.1, -0.05) is 49.4 Å². The normalized spacial score (nSPS) is 16.8. The molecule has 0 saturated heterocycles. The van der Waals surface area contributed by atoms with Gasteiger partial charge in [0.15, 0.2) is 0 Å². The van der Waals surface area contributed by atoms with Crippen molar-refractivity contribution < 1.29 is 14.3 Å². The minimum atomic E-state index is -1.18. The van der Waals surface area contributed by atoms with Crippen LogP contribution in [0.25, 0.3) is 11.3 Å². The van der Waals surface area contributed by atoms with Gasteiger partial charge < -0.3 is 10.1 Å². The molecule has 2 amide bonds. The fraction of sp³-hybridized carbons (Fsp3) is 0.233. The fourth-order valence-corrected chi connectivity index (χ4v) is 4.74. The van der Waals surface area contributed by atoms with Crippen LogP contribution in [0, 0.1) is 0 Å². The third-order valence-electron chi connectivity index (χ3n) is 6.93. The number of nitrogens with one attached hydrogen (secondary N) is 1. The highest BCUT2D eigenvalue weighted by Crippen LogP contribution is 2.34. The summed E-state index contributed by atoms with van der Waals surface area (Å²) in [6, 6.07) is 26.9. The molecule has 1 aromatic heterocycles. The summed E-state index contributed by atoms with van der Waals surface area (Å²) in [5.74, 6) is 0.240. The predicted octanol–water partition coefficient (Wildman–Crippen LogP) is 4.86. The number of ether oxygens (including phenoxy) is 1.